The van der Waals surface area contributed by atoms with Crippen LogP contribution in [0.25, 0.3) is 0 Å². The monoisotopic (exact) mass is 302 g/mol. The number of hydrogen-bond acceptors (Lipinski definition) is 6. The molecule has 1 atom stereocenters. The van der Waals surface area contributed by atoms with Crippen molar-refractivity contribution >= 4 is 21.2 Å². The maximum Gasteiger partial charge on any atom is 0.310 e. The fourth-order valence-corrected chi connectivity index (χ4v) is 2.61. The van der Waals surface area contributed by atoms with Gasteiger partial charge in [0.05, 0.1) is 17.6 Å². The minimum atomic E-state index is -3.71. The van der Waals surface area contributed by atoms with Crippen molar-refractivity contribution in [1.29, 1.82) is 0 Å². The van der Waals surface area contributed by atoms with Crippen LogP contribution >= 0.6 is 0 Å². The third kappa shape index (κ3) is 3.67. The van der Waals surface area contributed by atoms with Crippen LogP contribution in [0.5, 0.6) is 0 Å². The lowest BCUT2D eigenvalue weighted by atomic mass is 10.0. The molecule has 0 heterocycles. The van der Waals surface area contributed by atoms with Crippen molar-refractivity contribution < 1.29 is 18.4 Å². The molecule has 1 aromatic rings. The second-order valence-electron chi connectivity index (χ2n) is 4.86. The lowest BCUT2D eigenvalue weighted by Gasteiger charge is -2.21. The fourth-order valence-electron chi connectivity index (χ4n) is 1.75. The van der Waals surface area contributed by atoms with E-state index in [1.54, 1.807) is 0 Å². The van der Waals surface area contributed by atoms with Gasteiger partial charge in [-0.15, -0.1) is 0 Å². The van der Waals surface area contributed by atoms with E-state index in [2.05, 4.69) is 5.32 Å². The number of anilines is 1. The Balaban J connectivity index is 3.38. The molecule has 2 N–H and O–H groups in total. The number of nitro groups is 1. The molecule has 8 heteroatoms. The summed E-state index contributed by atoms with van der Waals surface area (Å²) in [5.41, 5.74) is -0.403. The number of aliphatic hydroxyl groups excluding tert-OH is 1. The molecule has 0 aliphatic carbocycles. The maximum atomic E-state index is 11.6. The molecule has 1 rings (SSSR count). The minimum Gasteiger partial charge on any atom is -0.394 e. The van der Waals surface area contributed by atoms with Crippen molar-refractivity contribution in [3.8, 4) is 0 Å². The molecule has 0 aliphatic rings. The number of nitrogens with zero attached hydrogens (tertiary/aromatic N) is 1. The van der Waals surface area contributed by atoms with E-state index in [1.165, 1.54) is 18.2 Å². The van der Waals surface area contributed by atoms with Crippen molar-refractivity contribution in [3.63, 3.8) is 0 Å². The molecule has 20 heavy (non-hydrogen) atoms. The molecule has 112 valence electrons. The Morgan fingerprint density at radius 3 is 2.40 bits per heavy atom. The van der Waals surface area contributed by atoms with E-state index in [4.69, 9.17) is 0 Å². The Morgan fingerprint density at radius 2 is 2.00 bits per heavy atom. The second-order valence-corrected chi connectivity index (χ2v) is 6.84. The van der Waals surface area contributed by atoms with Crippen LogP contribution in [0, 0.1) is 16.0 Å². The summed E-state index contributed by atoms with van der Waals surface area (Å²) in [6.07, 6.45) is 0.922. The molecule has 0 radical (unpaired) electrons. The van der Waals surface area contributed by atoms with Crippen LogP contribution in [0.2, 0.25) is 0 Å². The van der Waals surface area contributed by atoms with Crippen LogP contribution in [-0.2, 0) is 9.84 Å². The van der Waals surface area contributed by atoms with E-state index in [1.807, 2.05) is 13.8 Å². The summed E-state index contributed by atoms with van der Waals surface area (Å²) in [5, 5.41) is 23.3. The fraction of sp³-hybridized carbons (Fsp3) is 0.500. The number of benzene rings is 1. The normalized spacial score (nSPS) is 13.2. The zero-order chi connectivity index (χ0) is 15.5. The van der Waals surface area contributed by atoms with Gasteiger partial charge < -0.3 is 10.4 Å². The second kappa shape index (κ2) is 6.19. The molecule has 0 unspecified atom stereocenters. The van der Waals surface area contributed by atoms with Crippen molar-refractivity contribution in [2.75, 3.05) is 18.2 Å². The number of sulfone groups is 1. The quantitative estimate of drug-likeness (QED) is 0.607. The van der Waals surface area contributed by atoms with Crippen LogP contribution in [-0.4, -0.2) is 37.4 Å². The Hall–Kier alpha value is -1.67. The van der Waals surface area contributed by atoms with Crippen LogP contribution in [0.4, 0.5) is 11.4 Å². The van der Waals surface area contributed by atoms with Crippen LogP contribution < -0.4 is 5.32 Å². The first-order valence-corrected chi connectivity index (χ1v) is 7.92. The molecule has 0 bridgehead atoms. The number of nitro benzene ring substituents is 1. The average molecular weight is 302 g/mol. The molecule has 0 fully saturated rings. The number of aliphatic hydroxyl groups is 1. The van der Waals surface area contributed by atoms with Gasteiger partial charge in [-0.2, -0.15) is 0 Å². The standard InChI is InChI=1S/C12H18N2O5S/c1-8(2)10(7-15)13-9-5-4-6-11(20(3,18)19)12(9)14(16)17/h4-6,8,10,13,15H,7H2,1-3H3/t10-/m1/s1. The lowest BCUT2D eigenvalue weighted by Crippen LogP contribution is -2.29. The minimum absolute atomic E-state index is 0.0292. The van der Waals surface area contributed by atoms with Crippen LogP contribution in [0.1, 0.15) is 13.8 Å². The molecule has 0 aliphatic heterocycles. The smallest absolute Gasteiger partial charge is 0.310 e. The summed E-state index contributed by atoms with van der Waals surface area (Å²) in [5.74, 6) is 0.0292. The Bertz CT molecular complexity index is 598. The first kappa shape index (κ1) is 16.4. The highest BCUT2D eigenvalue weighted by molar-refractivity contribution is 7.90. The molecule has 7 nitrogen and oxygen atoms in total. The van der Waals surface area contributed by atoms with E-state index in [0.29, 0.717) is 0 Å². The summed E-state index contributed by atoms with van der Waals surface area (Å²) in [6, 6.07) is 3.66. The van der Waals surface area contributed by atoms with Crippen molar-refractivity contribution in [2.24, 2.45) is 5.92 Å². The molecular weight excluding hydrogens is 284 g/mol. The Labute approximate surface area is 117 Å². The van der Waals surface area contributed by atoms with Crippen LogP contribution in [0.3, 0.4) is 0 Å². The topological polar surface area (TPSA) is 110 Å². The summed E-state index contributed by atoms with van der Waals surface area (Å²) < 4.78 is 23.2. The number of rotatable bonds is 6. The van der Waals surface area contributed by atoms with Gasteiger partial charge in [0.15, 0.2) is 9.84 Å². The summed E-state index contributed by atoms with van der Waals surface area (Å²) in [7, 11) is -3.71. The van der Waals surface area contributed by atoms with Gasteiger partial charge in [0.1, 0.15) is 10.6 Å². The number of hydrogen-bond donors (Lipinski definition) is 2. The Kier molecular flexibility index (Phi) is 5.07. The summed E-state index contributed by atoms with van der Waals surface area (Å²) >= 11 is 0. The van der Waals surface area contributed by atoms with Gasteiger partial charge in [0.25, 0.3) is 0 Å². The molecular formula is C12H18N2O5S. The Morgan fingerprint density at radius 1 is 1.40 bits per heavy atom. The average Bonchev–Trinajstić information content (AvgIpc) is 2.33. The largest absolute Gasteiger partial charge is 0.394 e. The van der Waals surface area contributed by atoms with Crippen molar-refractivity contribution in [3.05, 3.63) is 28.3 Å². The van der Waals surface area contributed by atoms with E-state index < -0.39 is 26.5 Å². The molecule has 1 aromatic carbocycles. The first-order valence-electron chi connectivity index (χ1n) is 6.03. The van der Waals surface area contributed by atoms with Crippen molar-refractivity contribution in [1.82, 2.24) is 0 Å². The van der Waals surface area contributed by atoms with E-state index >= 15 is 0 Å². The van der Waals surface area contributed by atoms with E-state index in [9.17, 15) is 23.6 Å². The van der Waals surface area contributed by atoms with E-state index in [-0.39, 0.29) is 23.1 Å². The predicted octanol–water partition coefficient (Wildman–Crippen LogP) is 1.43. The van der Waals surface area contributed by atoms with Crippen LogP contribution in [0.15, 0.2) is 23.1 Å². The first-order chi connectivity index (χ1) is 9.18. The molecule has 0 spiro atoms. The van der Waals surface area contributed by atoms with Gasteiger partial charge in [-0.3, -0.25) is 10.1 Å². The number of para-hydroxylation sites is 1. The highest BCUT2D eigenvalue weighted by atomic mass is 32.2. The molecule has 0 amide bonds. The zero-order valence-electron chi connectivity index (χ0n) is 11.5. The summed E-state index contributed by atoms with van der Waals surface area (Å²) in [4.78, 5) is 10.1. The van der Waals surface area contributed by atoms with Gasteiger partial charge in [-0.25, -0.2) is 8.42 Å². The molecule has 0 saturated carbocycles. The van der Waals surface area contributed by atoms with Gasteiger partial charge in [-0.05, 0) is 18.1 Å². The van der Waals surface area contributed by atoms with Gasteiger partial charge in [-0.1, -0.05) is 19.9 Å². The van der Waals surface area contributed by atoms with Gasteiger partial charge in [0.2, 0.25) is 0 Å². The lowest BCUT2D eigenvalue weighted by molar-refractivity contribution is -0.386. The maximum absolute atomic E-state index is 11.6. The van der Waals surface area contributed by atoms with E-state index in [0.717, 1.165) is 6.26 Å². The third-order valence-electron chi connectivity index (χ3n) is 2.92. The SMILES string of the molecule is CC(C)[C@@H](CO)Nc1cccc(S(C)(=O)=O)c1[N+](=O)[O-]. The highest BCUT2D eigenvalue weighted by Gasteiger charge is 2.27. The molecule has 0 saturated heterocycles. The zero-order valence-corrected chi connectivity index (χ0v) is 12.3. The third-order valence-corrected chi connectivity index (χ3v) is 4.05. The molecule has 0 aromatic heterocycles. The predicted molar refractivity (Wildman–Crippen MR) is 75.5 cm³/mol. The van der Waals surface area contributed by atoms with Gasteiger partial charge >= 0.3 is 5.69 Å². The number of nitrogens with one attached hydrogen (secondary N) is 1. The highest BCUT2D eigenvalue weighted by Crippen LogP contribution is 2.32. The van der Waals surface area contributed by atoms with Gasteiger partial charge in [0, 0.05) is 6.26 Å². The van der Waals surface area contributed by atoms with Crippen molar-refractivity contribution in [2.45, 2.75) is 24.8 Å². The summed E-state index contributed by atoms with van der Waals surface area (Å²) in [6.45, 7) is 3.48.